The van der Waals surface area contributed by atoms with Crippen molar-refractivity contribution < 1.29 is 5.11 Å². The van der Waals surface area contributed by atoms with Crippen molar-refractivity contribution in [3.63, 3.8) is 0 Å². The van der Waals surface area contributed by atoms with Gasteiger partial charge in [-0.25, -0.2) is 0 Å². The molecule has 1 unspecified atom stereocenters. The maximum atomic E-state index is 8.93. The van der Waals surface area contributed by atoms with Gasteiger partial charge in [0.15, 0.2) is 0 Å². The van der Waals surface area contributed by atoms with Crippen LogP contribution in [0.25, 0.3) is 6.08 Å². The zero-order chi connectivity index (χ0) is 8.27. The number of nitrogens with zero attached hydrogens (tertiary/aromatic N) is 1. The van der Waals surface area contributed by atoms with Gasteiger partial charge in [0.25, 0.3) is 0 Å². The average Bonchev–Trinajstić information content (AvgIpc) is 2.31. The maximum Gasteiger partial charge on any atom is 0.0696 e. The van der Waals surface area contributed by atoms with E-state index in [1.54, 1.807) is 13.0 Å². The van der Waals surface area contributed by atoms with Crippen molar-refractivity contribution in [2.75, 3.05) is 0 Å². The van der Waals surface area contributed by atoms with Crippen LogP contribution in [0.5, 0.6) is 0 Å². The Morgan fingerprint density at radius 2 is 2.36 bits per heavy atom. The van der Waals surface area contributed by atoms with Gasteiger partial charge in [0.05, 0.1) is 6.10 Å². The van der Waals surface area contributed by atoms with Crippen LogP contribution in [0.15, 0.2) is 24.5 Å². The van der Waals surface area contributed by atoms with E-state index in [0.717, 1.165) is 5.56 Å². The second-order valence-electron chi connectivity index (χ2n) is 2.71. The molecular weight excluding hydrogens is 138 g/mol. The molecule has 11 heavy (non-hydrogen) atoms. The number of hydrogen-bond donors (Lipinski definition) is 1. The molecule has 1 atom stereocenters. The highest BCUT2D eigenvalue weighted by molar-refractivity contribution is 5.48. The molecule has 0 radical (unpaired) electrons. The first-order valence-corrected chi connectivity index (χ1v) is 3.67. The number of rotatable bonds is 2. The van der Waals surface area contributed by atoms with Gasteiger partial charge in [0.2, 0.25) is 0 Å². The Morgan fingerprint density at radius 1 is 1.64 bits per heavy atom. The molecule has 0 aliphatic carbocycles. The van der Waals surface area contributed by atoms with Gasteiger partial charge in [-0.15, -0.1) is 0 Å². The Kier molecular flexibility index (Phi) is 2.49. The van der Waals surface area contributed by atoms with E-state index in [2.05, 4.69) is 0 Å². The molecule has 1 rings (SSSR count). The summed E-state index contributed by atoms with van der Waals surface area (Å²) < 4.78 is 1.97. The molecule has 0 spiro atoms. The highest BCUT2D eigenvalue weighted by Gasteiger charge is 1.89. The second kappa shape index (κ2) is 3.39. The quantitative estimate of drug-likeness (QED) is 0.679. The average molecular weight is 151 g/mol. The first kappa shape index (κ1) is 8.08. The fourth-order valence-corrected chi connectivity index (χ4v) is 0.874. The Balaban J connectivity index is 2.64. The molecule has 0 aliphatic rings. The molecule has 1 aromatic heterocycles. The van der Waals surface area contributed by atoms with Crippen LogP contribution in [0.4, 0.5) is 0 Å². The van der Waals surface area contributed by atoms with Crippen LogP contribution < -0.4 is 0 Å². The van der Waals surface area contributed by atoms with Crippen molar-refractivity contribution in [3.8, 4) is 0 Å². The monoisotopic (exact) mass is 151 g/mol. The molecule has 0 amide bonds. The summed E-state index contributed by atoms with van der Waals surface area (Å²) in [5.74, 6) is 0. The Hall–Kier alpha value is -1.02. The van der Waals surface area contributed by atoms with Crippen molar-refractivity contribution >= 4 is 6.08 Å². The molecule has 1 aromatic rings. The first-order chi connectivity index (χ1) is 5.18. The van der Waals surface area contributed by atoms with Crippen molar-refractivity contribution in [3.05, 3.63) is 30.1 Å². The van der Waals surface area contributed by atoms with Gasteiger partial charge in [-0.3, -0.25) is 0 Å². The molecule has 60 valence electrons. The van der Waals surface area contributed by atoms with E-state index in [4.69, 9.17) is 5.11 Å². The maximum absolute atomic E-state index is 8.93. The molecule has 0 saturated heterocycles. The zero-order valence-electron chi connectivity index (χ0n) is 6.86. The van der Waals surface area contributed by atoms with Crippen LogP contribution in [0.1, 0.15) is 12.5 Å². The van der Waals surface area contributed by atoms with Crippen molar-refractivity contribution in [1.29, 1.82) is 0 Å². The third kappa shape index (κ3) is 2.60. The molecule has 0 saturated carbocycles. The summed E-state index contributed by atoms with van der Waals surface area (Å²) in [7, 11) is 1.97. The lowest BCUT2D eigenvalue weighted by atomic mass is 10.3. The highest BCUT2D eigenvalue weighted by atomic mass is 16.3. The fraction of sp³-hybridized carbons (Fsp3) is 0.333. The minimum absolute atomic E-state index is 0.366. The van der Waals surface area contributed by atoms with E-state index in [1.165, 1.54) is 0 Å². The van der Waals surface area contributed by atoms with Crippen LogP contribution in [-0.2, 0) is 7.05 Å². The summed E-state index contributed by atoms with van der Waals surface area (Å²) in [6.07, 6.45) is 7.27. The molecule has 1 N–H and O–H groups in total. The molecular formula is C9H13NO. The number of aliphatic hydroxyl groups is 1. The number of aliphatic hydroxyl groups excluding tert-OH is 1. The fourth-order valence-electron chi connectivity index (χ4n) is 0.874. The summed E-state index contributed by atoms with van der Waals surface area (Å²) in [4.78, 5) is 0. The molecule has 0 fully saturated rings. The summed E-state index contributed by atoms with van der Waals surface area (Å²) >= 11 is 0. The van der Waals surface area contributed by atoms with Gasteiger partial charge < -0.3 is 9.67 Å². The van der Waals surface area contributed by atoms with Gasteiger partial charge in [0, 0.05) is 19.4 Å². The highest BCUT2D eigenvalue weighted by Crippen LogP contribution is 2.02. The van der Waals surface area contributed by atoms with E-state index in [9.17, 15) is 0 Å². The molecule has 2 nitrogen and oxygen atoms in total. The normalized spacial score (nSPS) is 14.1. The zero-order valence-corrected chi connectivity index (χ0v) is 6.86. The Morgan fingerprint density at radius 3 is 2.82 bits per heavy atom. The number of hydrogen-bond acceptors (Lipinski definition) is 1. The van der Waals surface area contributed by atoms with Gasteiger partial charge in [0.1, 0.15) is 0 Å². The predicted molar refractivity (Wildman–Crippen MR) is 46.1 cm³/mol. The van der Waals surface area contributed by atoms with Crippen LogP contribution in [0.3, 0.4) is 0 Å². The Bertz CT molecular complexity index is 248. The standard InChI is InChI=1S/C9H13NO/c1-8(11)3-4-9-5-6-10(2)7-9/h3-8,11H,1-2H3/b4-3+. The lowest BCUT2D eigenvalue weighted by Gasteiger charge is -1.91. The van der Waals surface area contributed by atoms with Crippen LogP contribution in [0, 0.1) is 0 Å². The summed E-state index contributed by atoms with van der Waals surface area (Å²) in [5.41, 5.74) is 1.12. The van der Waals surface area contributed by atoms with Gasteiger partial charge in [-0.2, -0.15) is 0 Å². The summed E-state index contributed by atoms with van der Waals surface area (Å²) in [6.45, 7) is 1.74. The summed E-state index contributed by atoms with van der Waals surface area (Å²) in [6, 6.07) is 2.00. The topological polar surface area (TPSA) is 25.2 Å². The molecule has 0 aromatic carbocycles. The molecule has 1 heterocycles. The number of aryl methyl sites for hydroxylation is 1. The smallest absolute Gasteiger partial charge is 0.0696 e. The van der Waals surface area contributed by atoms with E-state index < -0.39 is 0 Å². The van der Waals surface area contributed by atoms with Crippen LogP contribution >= 0.6 is 0 Å². The van der Waals surface area contributed by atoms with Crippen molar-refractivity contribution in [2.45, 2.75) is 13.0 Å². The van der Waals surface area contributed by atoms with Gasteiger partial charge in [-0.05, 0) is 18.6 Å². The Labute approximate surface area is 66.8 Å². The van der Waals surface area contributed by atoms with Gasteiger partial charge >= 0.3 is 0 Å². The van der Waals surface area contributed by atoms with Crippen LogP contribution in [0.2, 0.25) is 0 Å². The summed E-state index contributed by atoms with van der Waals surface area (Å²) in [5, 5.41) is 8.93. The van der Waals surface area contributed by atoms with Crippen molar-refractivity contribution in [2.24, 2.45) is 7.05 Å². The van der Waals surface area contributed by atoms with E-state index in [1.807, 2.05) is 36.2 Å². The van der Waals surface area contributed by atoms with E-state index in [-0.39, 0.29) is 6.10 Å². The molecule has 0 aliphatic heterocycles. The number of aromatic nitrogens is 1. The van der Waals surface area contributed by atoms with Gasteiger partial charge in [-0.1, -0.05) is 12.2 Å². The lowest BCUT2D eigenvalue weighted by molar-refractivity contribution is 0.245. The first-order valence-electron chi connectivity index (χ1n) is 3.67. The minimum atomic E-state index is -0.366. The lowest BCUT2D eigenvalue weighted by Crippen LogP contribution is -1.90. The van der Waals surface area contributed by atoms with Crippen LogP contribution in [-0.4, -0.2) is 15.8 Å². The SMILES string of the molecule is CC(O)/C=C/c1ccn(C)c1. The largest absolute Gasteiger partial charge is 0.389 e. The minimum Gasteiger partial charge on any atom is -0.389 e. The molecule has 0 bridgehead atoms. The predicted octanol–water partition coefficient (Wildman–Crippen LogP) is 1.42. The second-order valence-corrected chi connectivity index (χ2v) is 2.71. The third-order valence-corrected chi connectivity index (χ3v) is 1.42. The van der Waals surface area contributed by atoms with E-state index in [0.29, 0.717) is 0 Å². The van der Waals surface area contributed by atoms with E-state index >= 15 is 0 Å². The van der Waals surface area contributed by atoms with Crippen molar-refractivity contribution in [1.82, 2.24) is 4.57 Å². The molecule has 2 heteroatoms. The third-order valence-electron chi connectivity index (χ3n) is 1.42.